The molecule has 0 saturated heterocycles. The molecule has 0 aliphatic rings. The van der Waals surface area contributed by atoms with Crippen LogP contribution in [-0.4, -0.2) is 4.57 Å². The van der Waals surface area contributed by atoms with Gasteiger partial charge in [-0.05, 0) is 29.5 Å². The van der Waals surface area contributed by atoms with Crippen molar-refractivity contribution in [3.63, 3.8) is 0 Å². The Hall–Kier alpha value is -1.55. The van der Waals surface area contributed by atoms with Crippen LogP contribution in [0.15, 0.2) is 27.4 Å². The first-order chi connectivity index (χ1) is 8.41. The molecule has 0 fully saturated rings. The Morgan fingerprint density at radius 1 is 1.28 bits per heavy atom. The van der Waals surface area contributed by atoms with Crippen molar-refractivity contribution in [2.75, 3.05) is 0 Å². The van der Waals surface area contributed by atoms with Crippen molar-refractivity contribution in [1.29, 1.82) is 0 Å². The highest BCUT2D eigenvalue weighted by molar-refractivity contribution is 5.73. The van der Waals surface area contributed by atoms with E-state index in [0.717, 1.165) is 11.1 Å². The Labute approximate surface area is 106 Å². The molecule has 2 rings (SSSR count). The highest BCUT2D eigenvalue weighted by atomic mass is 16.4. The number of nitrogens with two attached hydrogens (primary N) is 1. The molecule has 18 heavy (non-hydrogen) atoms. The highest BCUT2D eigenvalue weighted by Crippen LogP contribution is 2.27. The average Bonchev–Trinajstić information content (AvgIpc) is 2.62. The van der Waals surface area contributed by atoms with E-state index in [1.165, 1.54) is 4.57 Å². The Morgan fingerprint density at radius 2 is 1.94 bits per heavy atom. The monoisotopic (exact) mass is 248 g/mol. The molecule has 0 saturated carbocycles. The van der Waals surface area contributed by atoms with E-state index in [4.69, 9.17) is 10.2 Å². The van der Waals surface area contributed by atoms with Crippen molar-refractivity contribution >= 4 is 11.1 Å². The van der Waals surface area contributed by atoms with Gasteiger partial charge in [0.1, 0.15) is 0 Å². The van der Waals surface area contributed by atoms with Gasteiger partial charge in [0.05, 0.1) is 5.52 Å². The van der Waals surface area contributed by atoms with Gasteiger partial charge < -0.3 is 10.2 Å². The van der Waals surface area contributed by atoms with Crippen LogP contribution < -0.4 is 11.5 Å². The molecular formula is C14H20N2O2. The zero-order valence-electron chi connectivity index (χ0n) is 11.3. The van der Waals surface area contributed by atoms with Gasteiger partial charge in [-0.1, -0.05) is 26.8 Å². The summed E-state index contributed by atoms with van der Waals surface area (Å²) in [6.45, 7) is 6.46. The van der Waals surface area contributed by atoms with Crippen LogP contribution in [0.1, 0.15) is 32.4 Å². The van der Waals surface area contributed by atoms with Crippen LogP contribution >= 0.6 is 0 Å². The van der Waals surface area contributed by atoms with Gasteiger partial charge in [-0.2, -0.15) is 0 Å². The van der Waals surface area contributed by atoms with Gasteiger partial charge in [0.15, 0.2) is 5.58 Å². The van der Waals surface area contributed by atoms with Crippen molar-refractivity contribution < 1.29 is 4.42 Å². The Balaban J connectivity index is 2.44. The molecule has 4 heteroatoms. The summed E-state index contributed by atoms with van der Waals surface area (Å²) in [7, 11) is 1.70. The minimum absolute atomic E-state index is 0.0418. The third kappa shape index (κ3) is 2.08. The van der Waals surface area contributed by atoms with Gasteiger partial charge in [-0.3, -0.25) is 4.57 Å². The van der Waals surface area contributed by atoms with Crippen LogP contribution in [0.25, 0.3) is 11.1 Å². The molecule has 98 valence electrons. The van der Waals surface area contributed by atoms with E-state index in [0.29, 0.717) is 17.4 Å². The zero-order valence-corrected chi connectivity index (χ0v) is 11.3. The van der Waals surface area contributed by atoms with Gasteiger partial charge >= 0.3 is 5.76 Å². The zero-order chi connectivity index (χ0) is 13.4. The van der Waals surface area contributed by atoms with Crippen LogP contribution in [-0.2, 0) is 7.05 Å². The molecule has 0 aliphatic carbocycles. The Bertz CT molecular complexity index is 610. The maximum atomic E-state index is 11.4. The number of hydrogen-bond donors (Lipinski definition) is 1. The smallest absolute Gasteiger partial charge is 0.408 e. The second-order valence-electron chi connectivity index (χ2n) is 5.28. The lowest BCUT2D eigenvalue weighted by Gasteiger charge is -2.23. The minimum atomic E-state index is -0.340. The van der Waals surface area contributed by atoms with E-state index in [9.17, 15) is 4.79 Å². The summed E-state index contributed by atoms with van der Waals surface area (Å²) < 4.78 is 6.68. The number of rotatable bonds is 3. The van der Waals surface area contributed by atoms with E-state index in [2.05, 4.69) is 20.8 Å². The summed E-state index contributed by atoms with van der Waals surface area (Å²) in [5.41, 5.74) is 8.66. The Kier molecular flexibility index (Phi) is 3.30. The number of oxazole rings is 1. The van der Waals surface area contributed by atoms with E-state index in [1.807, 2.05) is 18.2 Å². The predicted molar refractivity (Wildman–Crippen MR) is 72.4 cm³/mol. The second kappa shape index (κ2) is 4.61. The molecule has 1 aromatic carbocycles. The average molecular weight is 248 g/mol. The minimum Gasteiger partial charge on any atom is -0.408 e. The molecule has 2 unspecified atom stereocenters. The van der Waals surface area contributed by atoms with Crippen molar-refractivity contribution in [2.24, 2.45) is 24.6 Å². The lowest BCUT2D eigenvalue weighted by atomic mass is 9.87. The summed E-state index contributed by atoms with van der Waals surface area (Å²) >= 11 is 0. The fourth-order valence-corrected chi connectivity index (χ4v) is 2.08. The first kappa shape index (κ1) is 12.9. The second-order valence-corrected chi connectivity index (χ2v) is 5.28. The van der Waals surface area contributed by atoms with Gasteiger partial charge in [-0.25, -0.2) is 4.79 Å². The number of aromatic nitrogens is 1. The number of hydrogen-bond acceptors (Lipinski definition) is 3. The first-order valence-corrected chi connectivity index (χ1v) is 6.27. The summed E-state index contributed by atoms with van der Waals surface area (Å²) in [4.78, 5) is 11.4. The van der Waals surface area contributed by atoms with Crippen molar-refractivity contribution in [3.05, 3.63) is 34.3 Å². The molecule has 2 aromatic rings. The molecule has 0 bridgehead atoms. The lowest BCUT2D eigenvalue weighted by molar-refractivity contribution is 0.352. The molecule has 0 aliphatic heterocycles. The standard InChI is InChI=1S/C14H20N2O2/c1-8(2)9(3)13(15)10-5-6-11-12(7-10)18-14(17)16(11)4/h5-9,13H,15H2,1-4H3. The van der Waals surface area contributed by atoms with Crippen LogP contribution in [0.3, 0.4) is 0 Å². The summed E-state index contributed by atoms with van der Waals surface area (Å²) in [6.07, 6.45) is 0. The molecule has 4 nitrogen and oxygen atoms in total. The number of aryl methyl sites for hydroxylation is 1. The van der Waals surface area contributed by atoms with E-state index < -0.39 is 0 Å². The van der Waals surface area contributed by atoms with Crippen molar-refractivity contribution in [3.8, 4) is 0 Å². The molecule has 1 heterocycles. The van der Waals surface area contributed by atoms with E-state index in [1.54, 1.807) is 7.05 Å². The number of fused-ring (bicyclic) bond motifs is 1. The van der Waals surface area contributed by atoms with Gasteiger partial charge in [-0.15, -0.1) is 0 Å². The van der Waals surface area contributed by atoms with Crippen LogP contribution in [0.4, 0.5) is 0 Å². The summed E-state index contributed by atoms with van der Waals surface area (Å²) in [6, 6.07) is 5.70. The maximum Gasteiger partial charge on any atom is 0.419 e. The molecule has 1 aromatic heterocycles. The quantitative estimate of drug-likeness (QED) is 0.907. The fourth-order valence-electron chi connectivity index (χ4n) is 2.08. The van der Waals surface area contributed by atoms with E-state index >= 15 is 0 Å². The fraction of sp³-hybridized carbons (Fsp3) is 0.500. The number of benzene rings is 1. The third-order valence-corrected chi connectivity index (χ3v) is 3.82. The first-order valence-electron chi connectivity index (χ1n) is 6.27. The topological polar surface area (TPSA) is 61.2 Å². The normalized spacial score (nSPS) is 15.2. The van der Waals surface area contributed by atoms with Crippen molar-refractivity contribution in [1.82, 2.24) is 4.57 Å². The molecule has 0 amide bonds. The maximum absolute atomic E-state index is 11.4. The lowest BCUT2D eigenvalue weighted by Crippen LogP contribution is -2.23. The van der Waals surface area contributed by atoms with E-state index in [-0.39, 0.29) is 11.8 Å². The van der Waals surface area contributed by atoms with Crippen LogP contribution in [0.5, 0.6) is 0 Å². The van der Waals surface area contributed by atoms with Gasteiger partial charge in [0.2, 0.25) is 0 Å². The van der Waals surface area contributed by atoms with Crippen LogP contribution in [0.2, 0.25) is 0 Å². The third-order valence-electron chi connectivity index (χ3n) is 3.82. The molecular weight excluding hydrogens is 228 g/mol. The molecule has 0 radical (unpaired) electrons. The predicted octanol–water partition coefficient (Wildman–Crippen LogP) is 2.42. The van der Waals surface area contributed by atoms with Gasteiger partial charge in [0, 0.05) is 13.1 Å². The number of nitrogens with zero attached hydrogens (tertiary/aromatic N) is 1. The highest BCUT2D eigenvalue weighted by Gasteiger charge is 2.19. The van der Waals surface area contributed by atoms with Gasteiger partial charge in [0.25, 0.3) is 0 Å². The summed E-state index contributed by atoms with van der Waals surface area (Å²) in [5, 5.41) is 0. The molecule has 0 spiro atoms. The SMILES string of the molecule is CC(C)C(C)C(N)c1ccc2c(c1)oc(=O)n2C. The van der Waals surface area contributed by atoms with Crippen molar-refractivity contribution in [2.45, 2.75) is 26.8 Å². The summed E-state index contributed by atoms with van der Waals surface area (Å²) in [5.74, 6) is 0.545. The largest absolute Gasteiger partial charge is 0.419 e. The molecule has 2 atom stereocenters. The Morgan fingerprint density at radius 3 is 2.56 bits per heavy atom. The van der Waals surface area contributed by atoms with Crippen LogP contribution in [0, 0.1) is 11.8 Å². The molecule has 2 N–H and O–H groups in total.